The normalized spacial score (nSPS) is 15.1. The Balaban J connectivity index is 4.46. The first kappa shape index (κ1) is 18.4. The van der Waals surface area contributed by atoms with E-state index < -0.39 is 11.7 Å². The average Bonchev–Trinajstić information content (AvgIpc) is 2.27. The Morgan fingerprint density at radius 2 is 1.63 bits per heavy atom. The van der Waals surface area contributed by atoms with Crippen LogP contribution in [-0.4, -0.2) is 22.8 Å². The van der Waals surface area contributed by atoms with Crippen LogP contribution in [0.5, 0.6) is 0 Å². The fourth-order valence-electron chi connectivity index (χ4n) is 2.07. The summed E-state index contributed by atoms with van der Waals surface area (Å²) < 4.78 is 5.43. The SMILES string of the molecule is CCCCCC(O)C(CCCC)C(=O)OC(C)(C)C. The van der Waals surface area contributed by atoms with Crippen LogP contribution >= 0.6 is 0 Å². The quantitative estimate of drug-likeness (QED) is 0.508. The summed E-state index contributed by atoms with van der Waals surface area (Å²) in [6, 6.07) is 0. The summed E-state index contributed by atoms with van der Waals surface area (Å²) in [5.41, 5.74) is -0.481. The number of carbonyl (C=O) groups is 1. The molecule has 3 nitrogen and oxygen atoms in total. The van der Waals surface area contributed by atoms with E-state index in [2.05, 4.69) is 13.8 Å². The third kappa shape index (κ3) is 9.04. The predicted octanol–water partition coefficient (Wildman–Crippen LogP) is 4.08. The van der Waals surface area contributed by atoms with E-state index in [-0.39, 0.29) is 11.9 Å². The molecule has 1 N–H and O–H groups in total. The van der Waals surface area contributed by atoms with Crippen LogP contribution in [0.15, 0.2) is 0 Å². The molecule has 0 aromatic heterocycles. The zero-order chi connectivity index (χ0) is 14.9. The van der Waals surface area contributed by atoms with E-state index in [9.17, 15) is 9.90 Å². The lowest BCUT2D eigenvalue weighted by molar-refractivity contribution is -0.164. The van der Waals surface area contributed by atoms with Gasteiger partial charge in [-0.15, -0.1) is 0 Å². The first-order valence-electron chi connectivity index (χ1n) is 7.72. The highest BCUT2D eigenvalue weighted by molar-refractivity contribution is 5.73. The Hall–Kier alpha value is -0.570. The Morgan fingerprint density at radius 3 is 2.11 bits per heavy atom. The third-order valence-corrected chi connectivity index (χ3v) is 3.15. The highest BCUT2D eigenvalue weighted by Crippen LogP contribution is 2.22. The molecule has 0 heterocycles. The van der Waals surface area contributed by atoms with Gasteiger partial charge in [-0.05, 0) is 33.6 Å². The molecule has 0 aliphatic heterocycles. The van der Waals surface area contributed by atoms with Crippen LogP contribution < -0.4 is 0 Å². The van der Waals surface area contributed by atoms with Crippen molar-refractivity contribution in [1.82, 2.24) is 0 Å². The van der Waals surface area contributed by atoms with Crippen molar-refractivity contribution in [1.29, 1.82) is 0 Å². The minimum atomic E-state index is -0.562. The highest BCUT2D eigenvalue weighted by atomic mass is 16.6. The van der Waals surface area contributed by atoms with Crippen LogP contribution in [0.25, 0.3) is 0 Å². The second kappa shape index (κ2) is 9.35. The number of ether oxygens (including phenoxy) is 1. The molecule has 2 unspecified atom stereocenters. The van der Waals surface area contributed by atoms with Gasteiger partial charge in [0.2, 0.25) is 0 Å². The fraction of sp³-hybridized carbons (Fsp3) is 0.938. The number of unbranched alkanes of at least 4 members (excludes halogenated alkanes) is 3. The molecular formula is C16H32O3. The Bertz CT molecular complexity index is 243. The van der Waals surface area contributed by atoms with Gasteiger partial charge in [0.05, 0.1) is 12.0 Å². The molecular weight excluding hydrogens is 240 g/mol. The van der Waals surface area contributed by atoms with Crippen molar-refractivity contribution < 1.29 is 14.6 Å². The van der Waals surface area contributed by atoms with Gasteiger partial charge in [0.1, 0.15) is 5.60 Å². The van der Waals surface area contributed by atoms with Crippen molar-refractivity contribution in [2.75, 3.05) is 0 Å². The van der Waals surface area contributed by atoms with E-state index in [1.54, 1.807) is 0 Å². The maximum atomic E-state index is 12.2. The third-order valence-electron chi connectivity index (χ3n) is 3.15. The second-order valence-corrected chi connectivity index (χ2v) is 6.35. The largest absolute Gasteiger partial charge is 0.460 e. The zero-order valence-corrected chi connectivity index (χ0v) is 13.4. The molecule has 0 bridgehead atoms. The standard InChI is InChI=1S/C16H32O3/c1-6-8-10-12-14(17)13(11-9-7-2)15(18)19-16(3,4)5/h13-14,17H,6-12H2,1-5H3. The molecule has 0 aromatic carbocycles. The lowest BCUT2D eigenvalue weighted by Gasteiger charge is -2.26. The highest BCUT2D eigenvalue weighted by Gasteiger charge is 2.30. The first-order chi connectivity index (χ1) is 8.81. The van der Waals surface area contributed by atoms with Crippen LogP contribution in [0.4, 0.5) is 0 Å². The fourth-order valence-corrected chi connectivity index (χ4v) is 2.07. The van der Waals surface area contributed by atoms with Crippen LogP contribution in [0, 0.1) is 5.92 Å². The summed E-state index contributed by atoms with van der Waals surface area (Å²) in [5, 5.41) is 10.2. The summed E-state index contributed by atoms with van der Waals surface area (Å²) in [6.07, 6.45) is 6.04. The molecule has 19 heavy (non-hydrogen) atoms. The minimum Gasteiger partial charge on any atom is -0.460 e. The summed E-state index contributed by atoms with van der Waals surface area (Å²) >= 11 is 0. The smallest absolute Gasteiger partial charge is 0.312 e. The van der Waals surface area contributed by atoms with Gasteiger partial charge in [0.25, 0.3) is 0 Å². The zero-order valence-electron chi connectivity index (χ0n) is 13.4. The maximum Gasteiger partial charge on any atom is 0.312 e. The molecule has 0 saturated carbocycles. The summed E-state index contributed by atoms with van der Waals surface area (Å²) in [6.45, 7) is 9.83. The van der Waals surface area contributed by atoms with E-state index in [1.807, 2.05) is 20.8 Å². The van der Waals surface area contributed by atoms with Crippen molar-refractivity contribution in [3.8, 4) is 0 Å². The number of rotatable bonds is 9. The van der Waals surface area contributed by atoms with Gasteiger partial charge in [-0.1, -0.05) is 46.0 Å². The topological polar surface area (TPSA) is 46.5 Å². The van der Waals surface area contributed by atoms with Gasteiger partial charge < -0.3 is 9.84 Å². The van der Waals surface area contributed by atoms with E-state index in [0.29, 0.717) is 6.42 Å². The summed E-state index contributed by atoms with van der Waals surface area (Å²) in [5.74, 6) is -0.610. The van der Waals surface area contributed by atoms with Crippen molar-refractivity contribution in [2.24, 2.45) is 5.92 Å². The minimum absolute atomic E-state index is 0.245. The maximum absolute atomic E-state index is 12.2. The molecule has 3 heteroatoms. The molecule has 2 atom stereocenters. The number of hydrogen-bond donors (Lipinski definition) is 1. The van der Waals surface area contributed by atoms with Crippen LogP contribution in [0.1, 0.15) is 79.6 Å². The second-order valence-electron chi connectivity index (χ2n) is 6.35. The Morgan fingerprint density at radius 1 is 1.05 bits per heavy atom. The molecule has 0 fully saturated rings. The molecule has 0 aromatic rings. The van der Waals surface area contributed by atoms with Gasteiger partial charge in [-0.25, -0.2) is 0 Å². The lowest BCUT2D eigenvalue weighted by Crippen LogP contribution is -2.35. The van der Waals surface area contributed by atoms with Gasteiger partial charge in [0.15, 0.2) is 0 Å². The molecule has 114 valence electrons. The molecule has 0 radical (unpaired) electrons. The van der Waals surface area contributed by atoms with Crippen molar-refractivity contribution in [3.05, 3.63) is 0 Å². The first-order valence-corrected chi connectivity index (χ1v) is 7.72. The van der Waals surface area contributed by atoms with Crippen molar-refractivity contribution in [3.63, 3.8) is 0 Å². The number of aliphatic hydroxyl groups is 1. The Kier molecular flexibility index (Phi) is 9.07. The number of hydrogen-bond acceptors (Lipinski definition) is 3. The predicted molar refractivity (Wildman–Crippen MR) is 79.0 cm³/mol. The molecule has 0 aliphatic rings. The van der Waals surface area contributed by atoms with E-state index in [0.717, 1.165) is 38.5 Å². The summed E-state index contributed by atoms with van der Waals surface area (Å²) in [7, 11) is 0. The Labute approximate surface area is 118 Å². The van der Waals surface area contributed by atoms with E-state index >= 15 is 0 Å². The number of esters is 1. The van der Waals surface area contributed by atoms with Gasteiger partial charge >= 0.3 is 5.97 Å². The lowest BCUT2D eigenvalue weighted by atomic mass is 9.92. The van der Waals surface area contributed by atoms with Gasteiger partial charge in [-0.2, -0.15) is 0 Å². The van der Waals surface area contributed by atoms with E-state index in [1.165, 1.54) is 0 Å². The van der Waals surface area contributed by atoms with Gasteiger partial charge in [0, 0.05) is 0 Å². The van der Waals surface area contributed by atoms with Gasteiger partial charge in [-0.3, -0.25) is 4.79 Å². The molecule has 0 saturated heterocycles. The molecule has 0 amide bonds. The van der Waals surface area contributed by atoms with Crippen LogP contribution in [0.3, 0.4) is 0 Å². The van der Waals surface area contributed by atoms with Crippen molar-refractivity contribution in [2.45, 2.75) is 91.3 Å². The molecule has 0 aliphatic carbocycles. The van der Waals surface area contributed by atoms with Crippen LogP contribution in [0.2, 0.25) is 0 Å². The van der Waals surface area contributed by atoms with Crippen LogP contribution in [-0.2, 0) is 9.53 Å². The van der Waals surface area contributed by atoms with Crippen molar-refractivity contribution >= 4 is 5.97 Å². The average molecular weight is 272 g/mol. The number of aliphatic hydroxyl groups excluding tert-OH is 1. The monoisotopic (exact) mass is 272 g/mol. The molecule has 0 spiro atoms. The summed E-state index contributed by atoms with van der Waals surface area (Å²) in [4.78, 5) is 12.2. The number of carbonyl (C=O) groups excluding carboxylic acids is 1. The molecule has 0 rings (SSSR count). The van der Waals surface area contributed by atoms with E-state index in [4.69, 9.17) is 4.74 Å².